The van der Waals surface area contributed by atoms with Gasteiger partial charge in [0.15, 0.2) is 11.7 Å². The first-order chi connectivity index (χ1) is 11.5. The molecule has 0 saturated carbocycles. The molecule has 128 valence electrons. The Bertz CT molecular complexity index is 764. The molecule has 0 fully saturated rings. The van der Waals surface area contributed by atoms with Crippen LogP contribution in [0.5, 0.6) is 5.75 Å². The van der Waals surface area contributed by atoms with E-state index in [9.17, 15) is 4.79 Å². The molecule has 2 aromatic carbocycles. The highest BCUT2D eigenvalue weighted by Crippen LogP contribution is 2.34. The van der Waals surface area contributed by atoms with Gasteiger partial charge in [-0.05, 0) is 71.0 Å². The molecular formula is C17H18Br2N2O2S. The number of ether oxygens (including phenoxy) is 1. The molecule has 0 atom stereocenters. The average molecular weight is 474 g/mol. The fraction of sp³-hybridized carbons (Fsp3) is 0.294. The largest absolute Gasteiger partial charge is 0.483 e. The molecule has 1 N–H and O–H groups in total. The molecular weight excluding hydrogens is 456 g/mol. The summed E-state index contributed by atoms with van der Waals surface area (Å²) in [6, 6.07) is 9.78. The van der Waals surface area contributed by atoms with E-state index in [4.69, 9.17) is 17.0 Å². The van der Waals surface area contributed by atoms with E-state index < -0.39 is 0 Å². The van der Waals surface area contributed by atoms with Gasteiger partial charge in [-0.3, -0.25) is 4.79 Å². The van der Waals surface area contributed by atoms with Gasteiger partial charge in [0.05, 0.1) is 4.47 Å². The Hall–Kier alpha value is -1.18. The van der Waals surface area contributed by atoms with Crippen molar-refractivity contribution in [2.45, 2.75) is 13.8 Å². The number of fused-ring (bicyclic) bond motifs is 1. The van der Waals surface area contributed by atoms with Crippen LogP contribution in [0.1, 0.15) is 13.8 Å². The normalized spacial score (nSPS) is 10.5. The van der Waals surface area contributed by atoms with Crippen molar-refractivity contribution in [3.05, 3.63) is 39.3 Å². The van der Waals surface area contributed by atoms with Crippen LogP contribution < -0.4 is 10.1 Å². The Kier molecular flexibility index (Phi) is 7.01. The number of nitrogens with one attached hydrogen (secondary N) is 1. The van der Waals surface area contributed by atoms with E-state index in [1.54, 1.807) is 0 Å². The Morgan fingerprint density at radius 1 is 1.21 bits per heavy atom. The molecule has 0 heterocycles. The van der Waals surface area contributed by atoms with Crippen molar-refractivity contribution in [3.63, 3.8) is 0 Å². The van der Waals surface area contributed by atoms with Gasteiger partial charge in [-0.2, -0.15) is 0 Å². The summed E-state index contributed by atoms with van der Waals surface area (Å²) in [5.41, 5.74) is 0. The van der Waals surface area contributed by atoms with Crippen molar-refractivity contribution < 1.29 is 9.53 Å². The second kappa shape index (κ2) is 8.78. The lowest BCUT2D eigenvalue weighted by Crippen LogP contribution is -2.44. The maximum Gasteiger partial charge on any atom is 0.264 e. The van der Waals surface area contributed by atoms with Crippen LogP contribution in [0.4, 0.5) is 0 Å². The molecule has 1 amide bonds. The van der Waals surface area contributed by atoms with Gasteiger partial charge in [0.2, 0.25) is 0 Å². The highest BCUT2D eigenvalue weighted by atomic mass is 79.9. The maximum atomic E-state index is 12.0. The second-order valence-corrected chi connectivity index (χ2v) is 7.15. The lowest BCUT2D eigenvalue weighted by Gasteiger charge is -2.21. The Balaban J connectivity index is 2.03. The number of carbonyl (C=O) groups excluding carboxylic acids is 1. The molecule has 24 heavy (non-hydrogen) atoms. The van der Waals surface area contributed by atoms with Crippen LogP contribution in [-0.4, -0.2) is 35.6 Å². The van der Waals surface area contributed by atoms with E-state index in [2.05, 4.69) is 37.2 Å². The number of hydrogen-bond acceptors (Lipinski definition) is 3. The molecule has 0 aliphatic rings. The van der Waals surface area contributed by atoms with E-state index in [1.807, 2.05) is 49.1 Å². The number of halogens is 2. The fourth-order valence-corrected chi connectivity index (χ4v) is 3.60. The van der Waals surface area contributed by atoms with Crippen molar-refractivity contribution in [2.24, 2.45) is 0 Å². The van der Waals surface area contributed by atoms with Crippen LogP contribution in [0.25, 0.3) is 10.8 Å². The standard InChI is InChI=1S/C17H18Br2N2O2S/c1-3-21(4-2)17(24)20-15(22)10-23-14-8-5-11-9-12(18)6-7-13(11)16(14)19/h5-9H,3-4,10H2,1-2H3,(H,20,22,24). The summed E-state index contributed by atoms with van der Waals surface area (Å²) in [5.74, 6) is 0.350. The summed E-state index contributed by atoms with van der Waals surface area (Å²) >= 11 is 12.2. The number of nitrogens with zero attached hydrogens (tertiary/aromatic N) is 1. The van der Waals surface area contributed by atoms with E-state index in [0.717, 1.165) is 32.8 Å². The number of carbonyl (C=O) groups is 1. The molecule has 0 bridgehead atoms. The highest BCUT2D eigenvalue weighted by molar-refractivity contribution is 9.11. The number of amides is 1. The zero-order valence-corrected chi connectivity index (χ0v) is 17.4. The predicted octanol–water partition coefficient (Wildman–Crippen LogP) is 4.49. The molecule has 7 heteroatoms. The summed E-state index contributed by atoms with van der Waals surface area (Å²) in [6.45, 7) is 5.39. The molecule has 0 aromatic heterocycles. The molecule has 2 aromatic rings. The van der Waals surface area contributed by atoms with Crippen LogP contribution in [-0.2, 0) is 4.79 Å². The van der Waals surface area contributed by atoms with Crippen LogP contribution in [0.2, 0.25) is 0 Å². The van der Waals surface area contributed by atoms with Crippen molar-refractivity contribution in [3.8, 4) is 5.75 Å². The predicted molar refractivity (Wildman–Crippen MR) is 109 cm³/mol. The SMILES string of the molecule is CCN(CC)C(=S)NC(=O)COc1ccc2cc(Br)ccc2c1Br. The Morgan fingerprint density at radius 2 is 1.92 bits per heavy atom. The first-order valence-electron chi connectivity index (χ1n) is 7.55. The van der Waals surface area contributed by atoms with Gasteiger partial charge < -0.3 is 15.0 Å². The number of benzene rings is 2. The minimum Gasteiger partial charge on any atom is -0.483 e. The van der Waals surface area contributed by atoms with Gasteiger partial charge >= 0.3 is 0 Å². The zero-order valence-electron chi connectivity index (χ0n) is 13.4. The number of rotatable bonds is 5. The van der Waals surface area contributed by atoms with Crippen LogP contribution in [0.3, 0.4) is 0 Å². The van der Waals surface area contributed by atoms with Gasteiger partial charge in [-0.1, -0.05) is 28.1 Å². The minimum absolute atomic E-state index is 0.0952. The third-order valence-electron chi connectivity index (χ3n) is 3.54. The summed E-state index contributed by atoms with van der Waals surface area (Å²) in [7, 11) is 0. The first kappa shape index (κ1) is 19.1. The third kappa shape index (κ3) is 4.68. The Morgan fingerprint density at radius 3 is 2.58 bits per heavy atom. The number of thiocarbonyl (C=S) groups is 1. The summed E-state index contributed by atoms with van der Waals surface area (Å²) in [5, 5.41) is 5.22. The molecule has 0 aliphatic carbocycles. The second-order valence-electron chi connectivity index (χ2n) is 5.06. The molecule has 0 unspecified atom stereocenters. The van der Waals surface area contributed by atoms with Gasteiger partial charge in [-0.25, -0.2) is 0 Å². The van der Waals surface area contributed by atoms with Crippen LogP contribution in [0.15, 0.2) is 39.3 Å². The first-order valence-corrected chi connectivity index (χ1v) is 9.55. The molecule has 2 rings (SSSR count). The lowest BCUT2D eigenvalue weighted by atomic mass is 10.1. The van der Waals surface area contributed by atoms with Crippen molar-refractivity contribution >= 4 is 65.9 Å². The maximum absolute atomic E-state index is 12.0. The van der Waals surface area contributed by atoms with Gasteiger partial charge in [-0.15, -0.1) is 0 Å². The van der Waals surface area contributed by atoms with Crippen molar-refractivity contribution in [1.29, 1.82) is 0 Å². The zero-order chi connectivity index (χ0) is 17.7. The topological polar surface area (TPSA) is 41.6 Å². The minimum atomic E-state index is -0.269. The molecule has 0 radical (unpaired) electrons. The summed E-state index contributed by atoms with van der Waals surface area (Å²) < 4.78 is 7.48. The number of hydrogen-bond donors (Lipinski definition) is 1. The average Bonchev–Trinajstić information content (AvgIpc) is 2.55. The van der Waals surface area contributed by atoms with E-state index >= 15 is 0 Å². The van der Waals surface area contributed by atoms with Gasteiger partial charge in [0, 0.05) is 17.6 Å². The van der Waals surface area contributed by atoms with E-state index in [0.29, 0.717) is 10.9 Å². The molecule has 4 nitrogen and oxygen atoms in total. The smallest absolute Gasteiger partial charge is 0.264 e. The molecule has 0 spiro atoms. The van der Waals surface area contributed by atoms with Crippen LogP contribution >= 0.6 is 44.1 Å². The molecule has 0 saturated heterocycles. The summed E-state index contributed by atoms with van der Waals surface area (Å²) in [4.78, 5) is 13.9. The summed E-state index contributed by atoms with van der Waals surface area (Å²) in [6.07, 6.45) is 0. The third-order valence-corrected chi connectivity index (χ3v) is 5.21. The fourth-order valence-electron chi connectivity index (χ4n) is 2.24. The van der Waals surface area contributed by atoms with Crippen molar-refractivity contribution in [1.82, 2.24) is 10.2 Å². The van der Waals surface area contributed by atoms with Gasteiger partial charge in [0.1, 0.15) is 5.75 Å². The molecule has 0 aliphatic heterocycles. The van der Waals surface area contributed by atoms with Crippen LogP contribution in [0, 0.1) is 0 Å². The lowest BCUT2D eigenvalue weighted by molar-refractivity contribution is -0.121. The van der Waals surface area contributed by atoms with Gasteiger partial charge in [0.25, 0.3) is 5.91 Å². The van der Waals surface area contributed by atoms with Crippen molar-refractivity contribution in [2.75, 3.05) is 19.7 Å². The van der Waals surface area contributed by atoms with E-state index in [-0.39, 0.29) is 12.5 Å². The Labute approximate surface area is 163 Å². The monoisotopic (exact) mass is 472 g/mol. The van der Waals surface area contributed by atoms with E-state index in [1.165, 1.54) is 0 Å². The highest BCUT2D eigenvalue weighted by Gasteiger charge is 2.12. The quantitative estimate of drug-likeness (QED) is 0.649.